The van der Waals surface area contributed by atoms with E-state index in [0.717, 1.165) is 22.8 Å². The molecule has 0 saturated heterocycles. The monoisotopic (exact) mass is 280 g/mol. The van der Waals surface area contributed by atoms with Crippen molar-refractivity contribution in [2.75, 3.05) is 11.9 Å². The van der Waals surface area contributed by atoms with Gasteiger partial charge in [0.05, 0.1) is 0 Å². The third-order valence-corrected chi connectivity index (χ3v) is 3.83. The van der Waals surface area contributed by atoms with Crippen molar-refractivity contribution in [3.8, 4) is 0 Å². The second-order valence-corrected chi connectivity index (χ2v) is 5.20. The first-order valence-corrected chi connectivity index (χ1v) is 6.56. The molecule has 1 heterocycles. The Balaban J connectivity index is 1.89. The lowest BCUT2D eigenvalue weighted by Gasteiger charge is -2.18. The lowest BCUT2D eigenvalue weighted by molar-refractivity contribution is 0.503. The van der Waals surface area contributed by atoms with Crippen LogP contribution in [-0.4, -0.2) is 11.5 Å². The number of nitrogens with one attached hydrogen (secondary N) is 1. The molecule has 1 aromatic rings. The van der Waals surface area contributed by atoms with E-state index in [-0.39, 0.29) is 0 Å². The van der Waals surface area contributed by atoms with Gasteiger partial charge in [-0.15, -0.1) is 0 Å². The fraction of sp³-hybridized carbons (Fsp3) is 0.462. The molecule has 1 N–H and O–H groups in total. The van der Waals surface area contributed by atoms with Gasteiger partial charge in [0.15, 0.2) is 0 Å². The lowest BCUT2D eigenvalue weighted by Crippen LogP contribution is -2.15. The predicted octanol–water partition coefficient (Wildman–Crippen LogP) is 3.92. The average Bonchev–Trinajstić information content (AvgIpc) is 2.32. The molecular weight excluding hydrogens is 264 g/mol. The van der Waals surface area contributed by atoms with Crippen LogP contribution < -0.4 is 5.32 Å². The summed E-state index contributed by atoms with van der Waals surface area (Å²) in [6.07, 6.45) is 10.1. The average molecular weight is 281 g/mol. The van der Waals surface area contributed by atoms with E-state index in [4.69, 9.17) is 0 Å². The molecule has 0 aliphatic heterocycles. The molecular formula is C13H17BrN2. The summed E-state index contributed by atoms with van der Waals surface area (Å²) in [7, 11) is 0. The minimum absolute atomic E-state index is 0.760. The molecule has 0 amide bonds. The number of pyridine rings is 1. The zero-order valence-electron chi connectivity index (χ0n) is 9.54. The highest BCUT2D eigenvalue weighted by Crippen LogP contribution is 2.20. The first-order chi connectivity index (χ1) is 7.75. The Morgan fingerprint density at radius 3 is 3.06 bits per heavy atom. The van der Waals surface area contributed by atoms with Gasteiger partial charge in [-0.1, -0.05) is 12.2 Å². The zero-order valence-corrected chi connectivity index (χ0v) is 11.1. The molecule has 2 nitrogen and oxygen atoms in total. The van der Waals surface area contributed by atoms with Crippen LogP contribution in [0.3, 0.4) is 0 Å². The van der Waals surface area contributed by atoms with Crippen molar-refractivity contribution >= 4 is 21.7 Å². The van der Waals surface area contributed by atoms with Crippen molar-refractivity contribution in [2.45, 2.75) is 26.2 Å². The van der Waals surface area contributed by atoms with E-state index < -0.39 is 0 Å². The molecule has 16 heavy (non-hydrogen) atoms. The molecule has 86 valence electrons. The molecule has 0 saturated carbocycles. The minimum Gasteiger partial charge on any atom is -0.370 e. The SMILES string of the molecule is Cc1cc(NCC2CC=CCC2)ncc1Br. The number of aromatic nitrogens is 1. The normalized spacial score (nSPS) is 19.8. The number of anilines is 1. The van der Waals surface area contributed by atoms with E-state index in [0.29, 0.717) is 0 Å². The first kappa shape index (κ1) is 11.6. The number of rotatable bonds is 3. The molecule has 2 rings (SSSR count). The van der Waals surface area contributed by atoms with Crippen LogP contribution in [0.25, 0.3) is 0 Å². The Bertz CT molecular complexity index is 388. The Hall–Kier alpha value is -0.830. The third kappa shape index (κ3) is 3.08. The molecule has 0 spiro atoms. The summed E-state index contributed by atoms with van der Waals surface area (Å²) in [5.74, 6) is 1.74. The summed E-state index contributed by atoms with van der Waals surface area (Å²) in [5.41, 5.74) is 1.22. The van der Waals surface area contributed by atoms with Gasteiger partial charge in [-0.05, 0) is 59.7 Å². The van der Waals surface area contributed by atoms with Gasteiger partial charge in [0.2, 0.25) is 0 Å². The highest BCUT2D eigenvalue weighted by atomic mass is 79.9. The Morgan fingerprint density at radius 2 is 2.38 bits per heavy atom. The highest BCUT2D eigenvalue weighted by Gasteiger charge is 2.09. The Labute approximate surface area is 105 Å². The lowest BCUT2D eigenvalue weighted by atomic mass is 9.94. The quantitative estimate of drug-likeness (QED) is 0.849. The summed E-state index contributed by atoms with van der Waals surface area (Å²) < 4.78 is 1.07. The van der Waals surface area contributed by atoms with Crippen LogP contribution in [0.5, 0.6) is 0 Å². The molecule has 0 bridgehead atoms. The summed E-state index contributed by atoms with van der Waals surface area (Å²) in [4.78, 5) is 4.35. The van der Waals surface area contributed by atoms with Crippen LogP contribution >= 0.6 is 15.9 Å². The van der Waals surface area contributed by atoms with Gasteiger partial charge in [-0.25, -0.2) is 4.98 Å². The fourth-order valence-electron chi connectivity index (χ4n) is 1.93. The molecule has 0 radical (unpaired) electrons. The second kappa shape index (κ2) is 5.48. The molecule has 1 aromatic heterocycles. The van der Waals surface area contributed by atoms with E-state index in [2.05, 4.69) is 51.4 Å². The van der Waals surface area contributed by atoms with Crippen molar-refractivity contribution in [2.24, 2.45) is 5.92 Å². The van der Waals surface area contributed by atoms with E-state index in [1.54, 1.807) is 0 Å². The molecule has 1 aliphatic carbocycles. The fourth-order valence-corrected chi connectivity index (χ4v) is 2.14. The molecule has 1 atom stereocenters. The van der Waals surface area contributed by atoms with Gasteiger partial charge < -0.3 is 5.32 Å². The molecule has 3 heteroatoms. The van der Waals surface area contributed by atoms with Gasteiger partial charge in [-0.3, -0.25) is 0 Å². The van der Waals surface area contributed by atoms with E-state index in [9.17, 15) is 0 Å². The molecule has 1 aliphatic rings. The van der Waals surface area contributed by atoms with Crippen molar-refractivity contribution < 1.29 is 0 Å². The number of nitrogens with zero attached hydrogens (tertiary/aromatic N) is 1. The van der Waals surface area contributed by atoms with Crippen LogP contribution in [0.4, 0.5) is 5.82 Å². The van der Waals surface area contributed by atoms with Gasteiger partial charge in [0, 0.05) is 17.2 Å². The summed E-state index contributed by atoms with van der Waals surface area (Å²) in [6, 6.07) is 2.09. The van der Waals surface area contributed by atoms with Gasteiger partial charge >= 0.3 is 0 Å². The molecule has 0 aromatic carbocycles. The van der Waals surface area contributed by atoms with E-state index >= 15 is 0 Å². The summed E-state index contributed by atoms with van der Waals surface area (Å²) >= 11 is 3.46. The van der Waals surface area contributed by atoms with E-state index in [1.165, 1.54) is 24.8 Å². The summed E-state index contributed by atoms with van der Waals surface area (Å²) in [5, 5.41) is 3.42. The van der Waals surface area contributed by atoms with Crippen molar-refractivity contribution in [3.05, 3.63) is 34.5 Å². The Kier molecular flexibility index (Phi) is 3.99. The van der Waals surface area contributed by atoms with Crippen LogP contribution in [0.1, 0.15) is 24.8 Å². The standard InChI is InChI=1S/C13H17BrN2/c1-10-7-13(16-9-12(10)14)15-8-11-5-3-2-4-6-11/h2-3,7,9,11H,4-6,8H2,1H3,(H,15,16). The maximum absolute atomic E-state index is 4.35. The maximum atomic E-state index is 4.35. The topological polar surface area (TPSA) is 24.9 Å². The first-order valence-electron chi connectivity index (χ1n) is 5.76. The smallest absolute Gasteiger partial charge is 0.126 e. The molecule has 1 unspecified atom stereocenters. The van der Waals surface area contributed by atoms with Crippen molar-refractivity contribution in [1.82, 2.24) is 4.98 Å². The van der Waals surface area contributed by atoms with E-state index in [1.807, 2.05) is 6.20 Å². The number of hydrogen-bond acceptors (Lipinski definition) is 2. The van der Waals surface area contributed by atoms with Crippen LogP contribution in [-0.2, 0) is 0 Å². The number of allylic oxidation sites excluding steroid dienone is 2. The van der Waals surface area contributed by atoms with Crippen LogP contribution in [0, 0.1) is 12.8 Å². The largest absolute Gasteiger partial charge is 0.370 e. The van der Waals surface area contributed by atoms with Crippen LogP contribution in [0.15, 0.2) is 28.9 Å². The summed E-state index contributed by atoms with van der Waals surface area (Å²) in [6.45, 7) is 3.11. The molecule has 0 fully saturated rings. The minimum atomic E-state index is 0.760. The van der Waals surface area contributed by atoms with Crippen molar-refractivity contribution in [1.29, 1.82) is 0 Å². The van der Waals surface area contributed by atoms with Gasteiger partial charge in [0.25, 0.3) is 0 Å². The number of halogens is 1. The maximum Gasteiger partial charge on any atom is 0.126 e. The highest BCUT2D eigenvalue weighted by molar-refractivity contribution is 9.10. The number of hydrogen-bond donors (Lipinski definition) is 1. The third-order valence-electron chi connectivity index (χ3n) is 3.00. The predicted molar refractivity (Wildman–Crippen MR) is 71.6 cm³/mol. The zero-order chi connectivity index (χ0) is 11.4. The Morgan fingerprint density at radius 1 is 1.50 bits per heavy atom. The number of aryl methyl sites for hydroxylation is 1. The van der Waals surface area contributed by atoms with Gasteiger partial charge in [0.1, 0.15) is 5.82 Å². The second-order valence-electron chi connectivity index (χ2n) is 4.35. The van der Waals surface area contributed by atoms with Crippen LogP contribution in [0.2, 0.25) is 0 Å². The van der Waals surface area contributed by atoms with Crippen molar-refractivity contribution in [3.63, 3.8) is 0 Å². The van der Waals surface area contributed by atoms with Gasteiger partial charge in [-0.2, -0.15) is 0 Å².